The van der Waals surface area contributed by atoms with Gasteiger partial charge in [0.2, 0.25) is 15.9 Å². The predicted molar refractivity (Wildman–Crippen MR) is 88.1 cm³/mol. The van der Waals surface area contributed by atoms with Gasteiger partial charge in [-0.1, -0.05) is 15.9 Å². The largest absolute Gasteiger partial charge is 0.382 e. The molecule has 1 amide bonds. The van der Waals surface area contributed by atoms with Crippen molar-refractivity contribution >= 4 is 31.9 Å². The summed E-state index contributed by atoms with van der Waals surface area (Å²) in [6, 6.07) is 6.29. The van der Waals surface area contributed by atoms with E-state index in [-0.39, 0.29) is 17.3 Å². The molecule has 0 aromatic heterocycles. The Balaban J connectivity index is 2.51. The van der Waals surface area contributed by atoms with Crippen LogP contribution in [0.3, 0.4) is 0 Å². The van der Waals surface area contributed by atoms with E-state index in [9.17, 15) is 13.2 Å². The maximum atomic E-state index is 12.3. The molecule has 8 heteroatoms. The third kappa shape index (κ3) is 6.04. The highest BCUT2D eigenvalue weighted by Crippen LogP contribution is 2.17. The Labute approximate surface area is 140 Å². The molecule has 0 saturated carbocycles. The van der Waals surface area contributed by atoms with Crippen LogP contribution in [0.1, 0.15) is 13.3 Å². The second kappa shape index (κ2) is 9.24. The fourth-order valence-corrected chi connectivity index (χ4v) is 3.07. The Morgan fingerprint density at radius 2 is 1.95 bits per heavy atom. The fourth-order valence-electron chi connectivity index (χ4n) is 1.68. The number of hydrogen-bond acceptors (Lipinski definition) is 4. The van der Waals surface area contributed by atoms with Gasteiger partial charge in [-0.15, -0.1) is 0 Å². The first-order chi connectivity index (χ1) is 10.4. The van der Waals surface area contributed by atoms with Crippen LogP contribution in [0.5, 0.6) is 0 Å². The summed E-state index contributed by atoms with van der Waals surface area (Å²) in [7, 11) is -2.28. The van der Waals surface area contributed by atoms with Crippen molar-refractivity contribution in [1.29, 1.82) is 0 Å². The number of halogens is 1. The molecule has 22 heavy (non-hydrogen) atoms. The van der Waals surface area contributed by atoms with Crippen LogP contribution < -0.4 is 5.32 Å². The van der Waals surface area contributed by atoms with Gasteiger partial charge in [-0.25, -0.2) is 8.42 Å². The zero-order valence-corrected chi connectivity index (χ0v) is 15.1. The maximum absolute atomic E-state index is 12.3. The Morgan fingerprint density at radius 1 is 1.32 bits per heavy atom. The zero-order chi connectivity index (χ0) is 16.6. The number of carbonyl (C=O) groups is 1. The standard InChI is InChI=1S/C14H21BrN2O4S/c1-3-21-10-4-9-16-14(18)11-17(2)22(19,20)13-7-5-12(15)6-8-13/h5-8H,3-4,9-11H2,1-2H3,(H,16,18). The molecule has 1 aromatic rings. The van der Waals surface area contributed by atoms with Crippen molar-refractivity contribution in [2.24, 2.45) is 0 Å². The lowest BCUT2D eigenvalue weighted by atomic mass is 10.4. The molecule has 0 heterocycles. The molecule has 6 nitrogen and oxygen atoms in total. The lowest BCUT2D eigenvalue weighted by Crippen LogP contribution is -2.38. The number of ether oxygens (including phenoxy) is 1. The van der Waals surface area contributed by atoms with E-state index in [1.165, 1.54) is 19.2 Å². The van der Waals surface area contributed by atoms with Crippen LogP contribution in [0.4, 0.5) is 0 Å². The van der Waals surface area contributed by atoms with Crippen molar-refractivity contribution in [2.75, 3.05) is 33.4 Å². The molecule has 0 radical (unpaired) electrons. The first kappa shape index (κ1) is 19.1. The van der Waals surface area contributed by atoms with E-state index >= 15 is 0 Å². The van der Waals surface area contributed by atoms with E-state index in [2.05, 4.69) is 21.2 Å². The number of sulfonamides is 1. The summed E-state index contributed by atoms with van der Waals surface area (Å²) in [5, 5.41) is 2.67. The number of nitrogens with one attached hydrogen (secondary N) is 1. The van der Waals surface area contributed by atoms with Gasteiger partial charge < -0.3 is 10.1 Å². The Kier molecular flexibility index (Phi) is 8.02. The second-order valence-electron chi connectivity index (χ2n) is 4.62. The first-order valence-electron chi connectivity index (χ1n) is 6.94. The highest BCUT2D eigenvalue weighted by Gasteiger charge is 2.22. The van der Waals surface area contributed by atoms with Gasteiger partial charge in [0.05, 0.1) is 11.4 Å². The number of carbonyl (C=O) groups excluding carboxylic acids is 1. The average molecular weight is 393 g/mol. The number of benzene rings is 1. The van der Waals surface area contributed by atoms with E-state index in [0.717, 1.165) is 8.78 Å². The molecule has 0 atom stereocenters. The van der Waals surface area contributed by atoms with Gasteiger partial charge in [-0.05, 0) is 37.6 Å². The molecule has 0 saturated heterocycles. The van der Waals surface area contributed by atoms with Gasteiger partial charge in [0.15, 0.2) is 0 Å². The van der Waals surface area contributed by atoms with Crippen molar-refractivity contribution in [3.8, 4) is 0 Å². The molecule has 0 spiro atoms. The van der Waals surface area contributed by atoms with Crippen LogP contribution in [0.15, 0.2) is 33.6 Å². The number of hydrogen-bond donors (Lipinski definition) is 1. The molecule has 1 aromatic carbocycles. The van der Waals surface area contributed by atoms with E-state index in [0.29, 0.717) is 26.2 Å². The highest BCUT2D eigenvalue weighted by molar-refractivity contribution is 9.10. The van der Waals surface area contributed by atoms with E-state index in [1.807, 2.05) is 6.92 Å². The van der Waals surface area contributed by atoms with E-state index < -0.39 is 10.0 Å². The van der Waals surface area contributed by atoms with Crippen LogP contribution in [0.2, 0.25) is 0 Å². The van der Waals surface area contributed by atoms with Crippen LogP contribution in [0, 0.1) is 0 Å². The van der Waals surface area contributed by atoms with Crippen molar-refractivity contribution in [1.82, 2.24) is 9.62 Å². The molecule has 0 bridgehead atoms. The molecule has 1 rings (SSSR count). The lowest BCUT2D eigenvalue weighted by Gasteiger charge is -2.17. The maximum Gasteiger partial charge on any atom is 0.243 e. The minimum atomic E-state index is -3.66. The van der Waals surface area contributed by atoms with Crippen LogP contribution in [-0.4, -0.2) is 52.0 Å². The van der Waals surface area contributed by atoms with Gasteiger partial charge in [-0.3, -0.25) is 4.79 Å². The van der Waals surface area contributed by atoms with Crippen LogP contribution in [0.25, 0.3) is 0 Å². The van der Waals surface area contributed by atoms with Crippen molar-refractivity contribution < 1.29 is 17.9 Å². The third-order valence-corrected chi connectivity index (χ3v) is 5.23. The van der Waals surface area contributed by atoms with Gasteiger partial charge in [0, 0.05) is 31.3 Å². The summed E-state index contributed by atoms with van der Waals surface area (Å²) in [6.45, 7) is 3.37. The van der Waals surface area contributed by atoms with Gasteiger partial charge in [0.25, 0.3) is 0 Å². The monoisotopic (exact) mass is 392 g/mol. The molecular formula is C14H21BrN2O4S. The summed E-state index contributed by atoms with van der Waals surface area (Å²) >= 11 is 3.25. The Hall–Kier alpha value is -0.960. The van der Waals surface area contributed by atoms with Crippen molar-refractivity contribution in [3.63, 3.8) is 0 Å². The highest BCUT2D eigenvalue weighted by atomic mass is 79.9. The third-order valence-electron chi connectivity index (χ3n) is 2.88. The number of nitrogens with zero attached hydrogens (tertiary/aromatic N) is 1. The van der Waals surface area contributed by atoms with Crippen LogP contribution >= 0.6 is 15.9 Å². The Bertz CT molecular complexity index is 575. The zero-order valence-electron chi connectivity index (χ0n) is 12.7. The molecule has 0 fully saturated rings. The smallest absolute Gasteiger partial charge is 0.243 e. The van der Waals surface area contributed by atoms with Crippen molar-refractivity contribution in [3.05, 3.63) is 28.7 Å². The second-order valence-corrected chi connectivity index (χ2v) is 7.58. The molecular weight excluding hydrogens is 372 g/mol. The van der Waals surface area contributed by atoms with Gasteiger partial charge >= 0.3 is 0 Å². The topological polar surface area (TPSA) is 75.7 Å². The number of rotatable bonds is 9. The minimum absolute atomic E-state index is 0.155. The predicted octanol–water partition coefficient (Wildman–Crippen LogP) is 1.61. The SMILES string of the molecule is CCOCCCNC(=O)CN(C)S(=O)(=O)c1ccc(Br)cc1. The van der Waals surface area contributed by atoms with Gasteiger partial charge in [-0.2, -0.15) is 4.31 Å². The van der Waals surface area contributed by atoms with E-state index in [1.54, 1.807) is 12.1 Å². The number of likely N-dealkylation sites (N-methyl/N-ethyl adjacent to an activating group) is 1. The molecule has 0 aliphatic heterocycles. The molecule has 124 valence electrons. The molecule has 0 aliphatic rings. The summed E-state index contributed by atoms with van der Waals surface area (Å²) in [5.41, 5.74) is 0. The summed E-state index contributed by atoms with van der Waals surface area (Å²) in [6.07, 6.45) is 0.697. The average Bonchev–Trinajstić information content (AvgIpc) is 2.47. The number of amides is 1. The quantitative estimate of drug-likeness (QED) is 0.647. The molecule has 0 unspecified atom stereocenters. The van der Waals surface area contributed by atoms with E-state index in [4.69, 9.17) is 4.74 Å². The minimum Gasteiger partial charge on any atom is -0.382 e. The summed E-state index contributed by atoms with van der Waals surface area (Å²) < 4.78 is 31.6. The lowest BCUT2D eigenvalue weighted by molar-refractivity contribution is -0.121. The first-order valence-corrected chi connectivity index (χ1v) is 9.17. The fraction of sp³-hybridized carbons (Fsp3) is 0.500. The van der Waals surface area contributed by atoms with Gasteiger partial charge in [0.1, 0.15) is 0 Å². The summed E-state index contributed by atoms with van der Waals surface area (Å²) in [5.74, 6) is -0.334. The summed E-state index contributed by atoms with van der Waals surface area (Å²) in [4.78, 5) is 11.9. The Morgan fingerprint density at radius 3 is 2.55 bits per heavy atom. The molecule has 0 aliphatic carbocycles. The normalized spacial score (nSPS) is 11.6. The molecule has 1 N–H and O–H groups in total. The van der Waals surface area contributed by atoms with Crippen molar-refractivity contribution in [2.45, 2.75) is 18.2 Å². The van der Waals surface area contributed by atoms with Crippen LogP contribution in [-0.2, 0) is 19.6 Å².